The molecular formula is C18H20N2O4. The molecule has 2 rings (SSSR count). The van der Waals surface area contributed by atoms with E-state index in [0.29, 0.717) is 17.9 Å². The van der Waals surface area contributed by atoms with Crippen LogP contribution in [0.1, 0.15) is 29.8 Å². The van der Waals surface area contributed by atoms with E-state index in [1.165, 1.54) is 0 Å². The van der Waals surface area contributed by atoms with Gasteiger partial charge in [0.1, 0.15) is 18.4 Å². The molecule has 6 heteroatoms. The molecule has 2 N–H and O–H groups in total. The van der Waals surface area contributed by atoms with E-state index >= 15 is 0 Å². The van der Waals surface area contributed by atoms with E-state index in [1.54, 1.807) is 50.5 Å². The summed E-state index contributed by atoms with van der Waals surface area (Å²) in [7, 11) is 0. The van der Waals surface area contributed by atoms with Crippen molar-refractivity contribution in [3.05, 3.63) is 59.9 Å². The summed E-state index contributed by atoms with van der Waals surface area (Å²) < 4.78 is 5.63. The number of nitrogens with zero attached hydrogens (tertiary/aromatic N) is 1. The van der Waals surface area contributed by atoms with Crippen molar-refractivity contribution in [1.29, 1.82) is 0 Å². The van der Waals surface area contributed by atoms with Crippen LogP contribution in [0.25, 0.3) is 0 Å². The number of amides is 1. The number of carbonyl (C=O) groups is 2. The summed E-state index contributed by atoms with van der Waals surface area (Å²) in [6.07, 6.45) is 3.39. The zero-order valence-electron chi connectivity index (χ0n) is 13.6. The molecule has 1 atom stereocenters. The average molecular weight is 328 g/mol. The molecule has 0 spiro atoms. The van der Waals surface area contributed by atoms with Crippen molar-refractivity contribution in [1.82, 2.24) is 10.3 Å². The van der Waals surface area contributed by atoms with Gasteiger partial charge in [-0.05, 0) is 47.9 Å². The lowest BCUT2D eigenvalue weighted by molar-refractivity contribution is -0.140. The summed E-state index contributed by atoms with van der Waals surface area (Å²) in [6, 6.07) is 9.38. The molecular weight excluding hydrogens is 308 g/mol. The smallest absolute Gasteiger partial charge is 0.326 e. The fourth-order valence-corrected chi connectivity index (χ4v) is 2.09. The Morgan fingerprint density at radius 1 is 1.12 bits per heavy atom. The summed E-state index contributed by atoms with van der Waals surface area (Å²) >= 11 is 0. The van der Waals surface area contributed by atoms with E-state index < -0.39 is 17.9 Å². The van der Waals surface area contributed by atoms with Crippen LogP contribution < -0.4 is 10.1 Å². The summed E-state index contributed by atoms with van der Waals surface area (Å²) in [6.45, 7) is 3.90. The number of benzene rings is 1. The fourth-order valence-electron chi connectivity index (χ4n) is 2.09. The van der Waals surface area contributed by atoms with Crippen LogP contribution in [0, 0.1) is 5.92 Å². The lowest BCUT2D eigenvalue weighted by Crippen LogP contribution is -2.44. The lowest BCUT2D eigenvalue weighted by Gasteiger charge is -2.18. The van der Waals surface area contributed by atoms with Crippen LogP contribution in [-0.2, 0) is 11.4 Å². The van der Waals surface area contributed by atoms with Gasteiger partial charge in [-0.3, -0.25) is 9.78 Å². The summed E-state index contributed by atoms with van der Waals surface area (Å²) in [4.78, 5) is 27.2. The quantitative estimate of drug-likeness (QED) is 0.815. The van der Waals surface area contributed by atoms with Crippen LogP contribution in [0.5, 0.6) is 5.75 Å². The highest BCUT2D eigenvalue weighted by Crippen LogP contribution is 2.14. The van der Waals surface area contributed by atoms with Crippen LogP contribution in [0.4, 0.5) is 0 Å². The Morgan fingerprint density at radius 2 is 1.75 bits per heavy atom. The maximum Gasteiger partial charge on any atom is 0.326 e. The van der Waals surface area contributed by atoms with Gasteiger partial charge in [0.2, 0.25) is 0 Å². The topological polar surface area (TPSA) is 88.5 Å². The molecule has 2 aromatic rings. The number of carboxylic acid groups (broad SMARTS) is 1. The van der Waals surface area contributed by atoms with Gasteiger partial charge in [0.15, 0.2) is 0 Å². The molecule has 6 nitrogen and oxygen atoms in total. The van der Waals surface area contributed by atoms with E-state index in [2.05, 4.69) is 10.3 Å². The maximum absolute atomic E-state index is 12.1. The van der Waals surface area contributed by atoms with Gasteiger partial charge in [-0.25, -0.2) is 4.79 Å². The van der Waals surface area contributed by atoms with Gasteiger partial charge >= 0.3 is 5.97 Å². The van der Waals surface area contributed by atoms with Gasteiger partial charge in [0, 0.05) is 18.0 Å². The van der Waals surface area contributed by atoms with Gasteiger partial charge in [0.05, 0.1) is 0 Å². The highest BCUT2D eigenvalue weighted by molar-refractivity contribution is 5.96. The first kappa shape index (κ1) is 17.5. The monoisotopic (exact) mass is 328 g/mol. The molecule has 1 amide bonds. The summed E-state index contributed by atoms with van der Waals surface area (Å²) in [5.74, 6) is -1.04. The van der Waals surface area contributed by atoms with Crippen LogP contribution in [0.15, 0.2) is 48.8 Å². The molecule has 0 unspecified atom stereocenters. The van der Waals surface area contributed by atoms with E-state index in [1.807, 2.05) is 12.1 Å². The number of pyridine rings is 1. The second kappa shape index (κ2) is 8.10. The number of carbonyl (C=O) groups excluding carboxylic acids is 1. The van der Waals surface area contributed by atoms with Crippen molar-refractivity contribution < 1.29 is 19.4 Å². The molecule has 0 aliphatic carbocycles. The first-order valence-electron chi connectivity index (χ1n) is 7.63. The van der Waals surface area contributed by atoms with Crippen molar-refractivity contribution in [2.75, 3.05) is 0 Å². The number of hydrogen-bond donors (Lipinski definition) is 2. The Bertz CT molecular complexity index is 684. The summed E-state index contributed by atoms with van der Waals surface area (Å²) in [5.41, 5.74) is 1.38. The number of nitrogens with one attached hydrogen (secondary N) is 1. The van der Waals surface area contributed by atoms with Gasteiger partial charge in [-0.2, -0.15) is 0 Å². The minimum Gasteiger partial charge on any atom is -0.489 e. The minimum atomic E-state index is -1.05. The highest BCUT2D eigenvalue weighted by atomic mass is 16.5. The van der Waals surface area contributed by atoms with Gasteiger partial charge < -0.3 is 15.2 Å². The van der Waals surface area contributed by atoms with Gasteiger partial charge in [0.25, 0.3) is 5.91 Å². The maximum atomic E-state index is 12.1. The summed E-state index contributed by atoms with van der Waals surface area (Å²) in [5, 5.41) is 11.6. The van der Waals surface area contributed by atoms with Crippen molar-refractivity contribution in [3.63, 3.8) is 0 Å². The Balaban J connectivity index is 1.95. The normalized spacial score (nSPS) is 11.8. The van der Waals surface area contributed by atoms with Crippen molar-refractivity contribution in [2.45, 2.75) is 26.5 Å². The number of carboxylic acids is 1. The molecule has 0 fully saturated rings. The third-order valence-corrected chi connectivity index (χ3v) is 3.49. The third-order valence-electron chi connectivity index (χ3n) is 3.49. The Morgan fingerprint density at radius 3 is 2.29 bits per heavy atom. The predicted octanol–water partition coefficient (Wildman–Crippen LogP) is 2.50. The van der Waals surface area contributed by atoms with Crippen LogP contribution in [-0.4, -0.2) is 28.0 Å². The molecule has 0 saturated heterocycles. The Labute approximate surface area is 140 Å². The second-order valence-electron chi connectivity index (χ2n) is 5.70. The SMILES string of the molecule is CC(C)[C@@H](NC(=O)c1ccc(OCc2ccncc2)cc1)C(=O)O. The number of aliphatic carboxylic acids is 1. The van der Waals surface area contributed by atoms with Crippen LogP contribution >= 0.6 is 0 Å². The average Bonchev–Trinajstić information content (AvgIpc) is 2.58. The molecule has 0 aliphatic heterocycles. The minimum absolute atomic E-state index is 0.200. The van der Waals surface area contributed by atoms with E-state index in [-0.39, 0.29) is 5.92 Å². The lowest BCUT2D eigenvalue weighted by atomic mass is 10.0. The highest BCUT2D eigenvalue weighted by Gasteiger charge is 2.23. The number of rotatable bonds is 7. The van der Waals surface area contributed by atoms with Crippen molar-refractivity contribution in [2.24, 2.45) is 5.92 Å². The number of hydrogen-bond acceptors (Lipinski definition) is 4. The molecule has 1 aromatic heterocycles. The zero-order chi connectivity index (χ0) is 17.5. The van der Waals surface area contributed by atoms with Crippen LogP contribution in [0.2, 0.25) is 0 Å². The molecule has 126 valence electrons. The zero-order valence-corrected chi connectivity index (χ0v) is 13.6. The molecule has 0 radical (unpaired) electrons. The van der Waals surface area contributed by atoms with E-state index in [0.717, 1.165) is 5.56 Å². The molecule has 1 aromatic carbocycles. The van der Waals surface area contributed by atoms with Crippen molar-refractivity contribution >= 4 is 11.9 Å². The van der Waals surface area contributed by atoms with E-state index in [9.17, 15) is 9.59 Å². The second-order valence-corrected chi connectivity index (χ2v) is 5.70. The molecule has 0 bridgehead atoms. The third kappa shape index (κ3) is 4.81. The first-order valence-corrected chi connectivity index (χ1v) is 7.63. The molecule has 0 saturated carbocycles. The van der Waals surface area contributed by atoms with Crippen molar-refractivity contribution in [3.8, 4) is 5.75 Å². The van der Waals surface area contributed by atoms with Gasteiger partial charge in [-0.1, -0.05) is 13.8 Å². The van der Waals surface area contributed by atoms with Crippen LogP contribution in [0.3, 0.4) is 0 Å². The molecule has 24 heavy (non-hydrogen) atoms. The van der Waals surface area contributed by atoms with Gasteiger partial charge in [-0.15, -0.1) is 0 Å². The molecule has 1 heterocycles. The number of aromatic nitrogens is 1. The standard InChI is InChI=1S/C18H20N2O4/c1-12(2)16(18(22)23)20-17(21)14-3-5-15(6-4-14)24-11-13-7-9-19-10-8-13/h3-10,12,16H,11H2,1-2H3,(H,20,21)(H,22,23)/t16-/m1/s1. The fraction of sp³-hybridized carbons (Fsp3) is 0.278. The Hall–Kier alpha value is -2.89. The molecule has 0 aliphatic rings. The number of ether oxygens (including phenoxy) is 1. The predicted molar refractivity (Wildman–Crippen MR) is 88.7 cm³/mol. The first-order chi connectivity index (χ1) is 11.5. The van der Waals surface area contributed by atoms with E-state index in [4.69, 9.17) is 9.84 Å². The Kier molecular flexibility index (Phi) is 5.89. The largest absolute Gasteiger partial charge is 0.489 e.